The SMILES string of the molecule is Cc1c(C#N)c2ccccc2n1Cc1ccccc1Cl. The van der Waals surface area contributed by atoms with Crippen LogP contribution in [0.3, 0.4) is 0 Å². The van der Waals surface area contributed by atoms with Gasteiger partial charge < -0.3 is 4.57 Å². The van der Waals surface area contributed by atoms with Crippen LogP contribution in [-0.2, 0) is 6.54 Å². The van der Waals surface area contributed by atoms with Crippen LogP contribution in [0.15, 0.2) is 48.5 Å². The molecule has 0 atom stereocenters. The molecule has 3 heteroatoms. The average Bonchev–Trinajstić information content (AvgIpc) is 2.74. The molecule has 0 bridgehead atoms. The highest BCUT2D eigenvalue weighted by molar-refractivity contribution is 6.31. The molecule has 1 heterocycles. The summed E-state index contributed by atoms with van der Waals surface area (Å²) in [5.74, 6) is 0. The third-order valence-corrected chi connectivity index (χ3v) is 4.00. The minimum atomic E-state index is 0.674. The van der Waals surface area contributed by atoms with Crippen molar-refractivity contribution in [3.8, 4) is 6.07 Å². The predicted octanol–water partition coefficient (Wildman–Crippen LogP) is 4.52. The largest absolute Gasteiger partial charge is 0.339 e. The lowest BCUT2D eigenvalue weighted by Crippen LogP contribution is -2.02. The Hall–Kier alpha value is -2.24. The number of halogens is 1. The van der Waals surface area contributed by atoms with Crippen LogP contribution in [0.4, 0.5) is 0 Å². The van der Waals surface area contributed by atoms with Crippen molar-refractivity contribution in [3.05, 3.63) is 70.4 Å². The topological polar surface area (TPSA) is 28.7 Å². The Balaban J connectivity index is 2.20. The number of benzene rings is 2. The third kappa shape index (κ3) is 1.97. The number of aromatic nitrogens is 1. The van der Waals surface area contributed by atoms with E-state index < -0.39 is 0 Å². The van der Waals surface area contributed by atoms with E-state index in [1.165, 1.54) is 0 Å². The zero-order chi connectivity index (χ0) is 14.1. The van der Waals surface area contributed by atoms with Crippen LogP contribution in [0.25, 0.3) is 10.9 Å². The second-order valence-corrected chi connectivity index (χ2v) is 5.17. The van der Waals surface area contributed by atoms with E-state index in [1.54, 1.807) is 0 Å². The van der Waals surface area contributed by atoms with Gasteiger partial charge in [0.2, 0.25) is 0 Å². The summed E-state index contributed by atoms with van der Waals surface area (Å²) in [5, 5.41) is 11.1. The number of hydrogen-bond acceptors (Lipinski definition) is 1. The summed E-state index contributed by atoms with van der Waals surface area (Å²) in [5.41, 5.74) is 3.85. The zero-order valence-electron chi connectivity index (χ0n) is 11.1. The summed E-state index contributed by atoms with van der Waals surface area (Å²) in [6.45, 7) is 2.66. The lowest BCUT2D eigenvalue weighted by atomic mass is 10.1. The molecule has 0 aliphatic heterocycles. The molecule has 0 saturated heterocycles. The molecule has 1 aromatic heterocycles. The Kier molecular flexibility index (Phi) is 3.22. The first-order valence-electron chi connectivity index (χ1n) is 6.43. The van der Waals surface area contributed by atoms with Crippen molar-refractivity contribution < 1.29 is 0 Å². The van der Waals surface area contributed by atoms with Crippen LogP contribution >= 0.6 is 11.6 Å². The number of para-hydroxylation sites is 1. The number of fused-ring (bicyclic) bond motifs is 1. The summed E-state index contributed by atoms with van der Waals surface area (Å²) in [6.07, 6.45) is 0. The van der Waals surface area contributed by atoms with E-state index in [-0.39, 0.29) is 0 Å². The van der Waals surface area contributed by atoms with Gasteiger partial charge in [0.15, 0.2) is 0 Å². The van der Waals surface area contributed by atoms with Crippen LogP contribution in [0.1, 0.15) is 16.8 Å². The molecule has 3 aromatic rings. The van der Waals surface area contributed by atoms with Gasteiger partial charge in [0, 0.05) is 28.2 Å². The molecule has 0 N–H and O–H groups in total. The van der Waals surface area contributed by atoms with Gasteiger partial charge in [0.25, 0.3) is 0 Å². The number of nitrogens with zero attached hydrogens (tertiary/aromatic N) is 2. The summed E-state index contributed by atoms with van der Waals surface area (Å²) in [6, 6.07) is 18.1. The van der Waals surface area contributed by atoms with Crippen molar-refractivity contribution in [2.45, 2.75) is 13.5 Å². The van der Waals surface area contributed by atoms with Crippen molar-refractivity contribution >= 4 is 22.5 Å². The fraction of sp³-hybridized carbons (Fsp3) is 0.118. The van der Waals surface area contributed by atoms with Crippen LogP contribution in [-0.4, -0.2) is 4.57 Å². The molecule has 0 saturated carbocycles. The van der Waals surface area contributed by atoms with Crippen LogP contribution < -0.4 is 0 Å². The van der Waals surface area contributed by atoms with Gasteiger partial charge in [-0.1, -0.05) is 48.0 Å². The number of rotatable bonds is 2. The maximum absolute atomic E-state index is 9.36. The van der Waals surface area contributed by atoms with E-state index in [9.17, 15) is 5.26 Å². The van der Waals surface area contributed by atoms with Gasteiger partial charge in [-0.3, -0.25) is 0 Å². The van der Waals surface area contributed by atoms with Crippen molar-refractivity contribution in [2.24, 2.45) is 0 Å². The smallest absolute Gasteiger partial charge is 0.102 e. The van der Waals surface area contributed by atoms with Crippen LogP contribution in [0.2, 0.25) is 5.02 Å². The molecular weight excluding hydrogens is 268 g/mol. The van der Waals surface area contributed by atoms with Gasteiger partial charge in [-0.05, 0) is 24.6 Å². The van der Waals surface area contributed by atoms with Gasteiger partial charge >= 0.3 is 0 Å². The van der Waals surface area contributed by atoms with E-state index in [0.717, 1.165) is 32.7 Å². The molecule has 0 unspecified atom stereocenters. The van der Waals surface area contributed by atoms with Gasteiger partial charge in [-0.15, -0.1) is 0 Å². The fourth-order valence-electron chi connectivity index (χ4n) is 2.57. The van der Waals surface area contributed by atoms with E-state index in [1.807, 2.05) is 55.5 Å². The molecule has 3 rings (SSSR count). The molecule has 0 aliphatic rings. The van der Waals surface area contributed by atoms with Crippen molar-refractivity contribution in [2.75, 3.05) is 0 Å². The monoisotopic (exact) mass is 280 g/mol. The van der Waals surface area contributed by atoms with Gasteiger partial charge in [-0.25, -0.2) is 0 Å². The molecule has 2 nitrogen and oxygen atoms in total. The molecule has 0 spiro atoms. The van der Waals surface area contributed by atoms with Crippen molar-refractivity contribution in [1.29, 1.82) is 5.26 Å². The van der Waals surface area contributed by atoms with E-state index >= 15 is 0 Å². The quantitative estimate of drug-likeness (QED) is 0.678. The maximum atomic E-state index is 9.36. The Morgan fingerprint density at radius 1 is 1.10 bits per heavy atom. The molecule has 0 fully saturated rings. The summed E-state index contributed by atoms with van der Waals surface area (Å²) < 4.78 is 2.15. The van der Waals surface area contributed by atoms with Crippen LogP contribution in [0.5, 0.6) is 0 Å². The standard InChI is InChI=1S/C17H13ClN2/c1-12-15(10-19)14-7-3-5-9-17(14)20(12)11-13-6-2-4-8-16(13)18/h2-9H,11H2,1H3. The Bertz CT molecular complexity index is 825. The molecule has 0 aliphatic carbocycles. The third-order valence-electron chi connectivity index (χ3n) is 3.63. The van der Waals surface area contributed by atoms with E-state index in [4.69, 9.17) is 11.6 Å². The highest BCUT2D eigenvalue weighted by Crippen LogP contribution is 2.27. The Morgan fingerprint density at radius 3 is 2.55 bits per heavy atom. The molecular formula is C17H13ClN2. The molecule has 20 heavy (non-hydrogen) atoms. The van der Waals surface area contributed by atoms with Gasteiger partial charge in [0.05, 0.1) is 5.56 Å². The van der Waals surface area contributed by atoms with E-state index in [2.05, 4.69) is 10.6 Å². The minimum absolute atomic E-state index is 0.674. The Morgan fingerprint density at radius 2 is 1.80 bits per heavy atom. The fourth-order valence-corrected chi connectivity index (χ4v) is 2.77. The molecule has 0 radical (unpaired) electrons. The minimum Gasteiger partial charge on any atom is -0.339 e. The van der Waals surface area contributed by atoms with E-state index in [0.29, 0.717) is 6.54 Å². The van der Waals surface area contributed by atoms with Gasteiger partial charge in [0.1, 0.15) is 6.07 Å². The number of hydrogen-bond donors (Lipinski definition) is 0. The van der Waals surface area contributed by atoms with Crippen molar-refractivity contribution in [1.82, 2.24) is 4.57 Å². The lowest BCUT2D eigenvalue weighted by molar-refractivity contribution is 0.803. The summed E-state index contributed by atoms with van der Waals surface area (Å²) in [4.78, 5) is 0. The predicted molar refractivity (Wildman–Crippen MR) is 81.9 cm³/mol. The highest BCUT2D eigenvalue weighted by Gasteiger charge is 2.14. The molecule has 98 valence electrons. The first-order valence-corrected chi connectivity index (χ1v) is 6.81. The van der Waals surface area contributed by atoms with Crippen molar-refractivity contribution in [3.63, 3.8) is 0 Å². The first-order chi connectivity index (χ1) is 9.72. The Labute approximate surface area is 122 Å². The maximum Gasteiger partial charge on any atom is 0.102 e. The summed E-state index contributed by atoms with van der Waals surface area (Å²) in [7, 11) is 0. The zero-order valence-corrected chi connectivity index (χ0v) is 11.9. The first kappa shape index (κ1) is 12.8. The summed E-state index contributed by atoms with van der Waals surface area (Å²) >= 11 is 6.24. The average molecular weight is 281 g/mol. The van der Waals surface area contributed by atoms with Gasteiger partial charge in [-0.2, -0.15) is 5.26 Å². The lowest BCUT2D eigenvalue weighted by Gasteiger charge is -2.09. The normalized spacial score (nSPS) is 10.7. The highest BCUT2D eigenvalue weighted by atomic mass is 35.5. The second-order valence-electron chi connectivity index (χ2n) is 4.77. The number of nitriles is 1. The molecule has 2 aromatic carbocycles. The van der Waals surface area contributed by atoms with Crippen LogP contribution in [0, 0.1) is 18.3 Å². The second kappa shape index (κ2) is 5.03. The molecule has 0 amide bonds.